The monoisotopic (exact) mass is 354 g/mol. The summed E-state index contributed by atoms with van der Waals surface area (Å²) in [4.78, 5) is 12.2. The molecule has 1 saturated heterocycles. The highest BCUT2D eigenvalue weighted by Crippen LogP contribution is 2.19. The van der Waals surface area contributed by atoms with Crippen LogP contribution in [-0.4, -0.2) is 34.9 Å². The largest absolute Gasteiger partial charge is 0.381 e. The Kier molecular flexibility index (Phi) is 6.30. The maximum atomic E-state index is 13.7. The second-order valence-electron chi connectivity index (χ2n) is 5.59. The number of hydrogen-bond acceptors (Lipinski definition) is 4. The highest BCUT2D eigenvalue weighted by Gasteiger charge is 2.26. The summed E-state index contributed by atoms with van der Waals surface area (Å²) >= 11 is 0. The lowest BCUT2D eigenvalue weighted by Gasteiger charge is -2.26. The third-order valence-electron chi connectivity index (χ3n) is 4.03. The van der Waals surface area contributed by atoms with Gasteiger partial charge in [-0.2, -0.15) is 5.10 Å². The third-order valence-corrected chi connectivity index (χ3v) is 4.03. The lowest BCUT2D eigenvalue weighted by atomic mass is 9.92. The SMILES string of the molecule is Cl.NC(C(=O)Nc1cnn(-c2ccccc2F)c1)C1CCOCC1. The first-order valence-electron chi connectivity index (χ1n) is 7.59. The first-order chi connectivity index (χ1) is 11.1. The van der Waals surface area contributed by atoms with Crippen LogP contribution in [0.4, 0.5) is 10.1 Å². The number of rotatable bonds is 4. The number of hydrogen-bond donors (Lipinski definition) is 2. The van der Waals surface area contributed by atoms with Gasteiger partial charge < -0.3 is 15.8 Å². The second kappa shape index (κ2) is 8.23. The Hall–Kier alpha value is -1.96. The van der Waals surface area contributed by atoms with Gasteiger partial charge >= 0.3 is 0 Å². The van der Waals surface area contributed by atoms with E-state index in [4.69, 9.17) is 10.5 Å². The Balaban J connectivity index is 0.00000208. The average molecular weight is 355 g/mol. The van der Waals surface area contributed by atoms with Gasteiger partial charge in [-0.3, -0.25) is 4.79 Å². The van der Waals surface area contributed by atoms with E-state index < -0.39 is 6.04 Å². The van der Waals surface area contributed by atoms with Crippen LogP contribution < -0.4 is 11.1 Å². The van der Waals surface area contributed by atoms with Crippen LogP contribution in [-0.2, 0) is 9.53 Å². The number of nitrogens with two attached hydrogens (primary N) is 1. The van der Waals surface area contributed by atoms with E-state index in [1.54, 1.807) is 24.4 Å². The minimum Gasteiger partial charge on any atom is -0.381 e. The summed E-state index contributed by atoms with van der Waals surface area (Å²) in [5, 5.41) is 6.81. The molecule has 2 heterocycles. The van der Waals surface area contributed by atoms with E-state index in [2.05, 4.69) is 10.4 Å². The molecule has 0 radical (unpaired) electrons. The molecule has 1 aromatic carbocycles. The van der Waals surface area contributed by atoms with Gasteiger partial charge in [0.25, 0.3) is 0 Å². The molecular formula is C16H20ClFN4O2. The molecule has 6 nitrogen and oxygen atoms in total. The maximum Gasteiger partial charge on any atom is 0.241 e. The molecule has 1 aromatic heterocycles. The van der Waals surface area contributed by atoms with E-state index in [0.717, 1.165) is 12.8 Å². The highest BCUT2D eigenvalue weighted by molar-refractivity contribution is 5.94. The average Bonchev–Trinajstić information content (AvgIpc) is 3.03. The molecule has 1 aliphatic rings. The van der Waals surface area contributed by atoms with Crippen molar-refractivity contribution in [2.45, 2.75) is 18.9 Å². The quantitative estimate of drug-likeness (QED) is 0.881. The molecule has 1 unspecified atom stereocenters. The van der Waals surface area contributed by atoms with Crippen LogP contribution in [0, 0.1) is 11.7 Å². The van der Waals surface area contributed by atoms with Crippen LogP contribution in [0.25, 0.3) is 5.69 Å². The van der Waals surface area contributed by atoms with Crippen molar-refractivity contribution in [1.82, 2.24) is 9.78 Å². The van der Waals surface area contributed by atoms with Gasteiger partial charge in [0.1, 0.15) is 11.5 Å². The molecule has 0 saturated carbocycles. The predicted molar refractivity (Wildman–Crippen MR) is 90.9 cm³/mol. The number of amides is 1. The number of benzene rings is 1. The fourth-order valence-corrected chi connectivity index (χ4v) is 2.67. The van der Waals surface area contributed by atoms with Crippen molar-refractivity contribution >= 4 is 24.0 Å². The Morgan fingerprint density at radius 3 is 2.79 bits per heavy atom. The Morgan fingerprint density at radius 1 is 1.38 bits per heavy atom. The molecule has 1 aliphatic heterocycles. The summed E-state index contributed by atoms with van der Waals surface area (Å²) in [6, 6.07) is 5.71. The zero-order valence-corrected chi connectivity index (χ0v) is 13.8. The number of nitrogens with one attached hydrogen (secondary N) is 1. The van der Waals surface area contributed by atoms with Gasteiger partial charge in [-0.25, -0.2) is 9.07 Å². The molecule has 0 spiro atoms. The fraction of sp³-hybridized carbons (Fsp3) is 0.375. The van der Waals surface area contributed by atoms with Crippen LogP contribution >= 0.6 is 12.4 Å². The standard InChI is InChI=1S/C16H19FN4O2.ClH/c17-13-3-1-2-4-14(13)21-10-12(9-19-21)20-16(22)15(18)11-5-7-23-8-6-11;/h1-4,9-11,15H,5-8,18H2,(H,20,22);1H. The number of ether oxygens (including phenoxy) is 1. The van der Waals surface area contributed by atoms with Gasteiger partial charge in [0, 0.05) is 13.2 Å². The molecule has 3 rings (SSSR count). The van der Waals surface area contributed by atoms with Crippen molar-refractivity contribution < 1.29 is 13.9 Å². The zero-order chi connectivity index (χ0) is 16.2. The maximum absolute atomic E-state index is 13.7. The van der Waals surface area contributed by atoms with Crippen LogP contribution in [0.15, 0.2) is 36.7 Å². The van der Waals surface area contributed by atoms with Gasteiger partial charge in [-0.15, -0.1) is 12.4 Å². The fourth-order valence-electron chi connectivity index (χ4n) is 2.67. The summed E-state index contributed by atoms with van der Waals surface area (Å²) in [7, 11) is 0. The summed E-state index contributed by atoms with van der Waals surface area (Å²) in [5.41, 5.74) is 6.83. The Morgan fingerprint density at radius 2 is 2.08 bits per heavy atom. The van der Waals surface area contributed by atoms with Crippen molar-refractivity contribution in [2.24, 2.45) is 11.7 Å². The van der Waals surface area contributed by atoms with Gasteiger partial charge in [-0.1, -0.05) is 12.1 Å². The van der Waals surface area contributed by atoms with Crippen molar-refractivity contribution in [3.8, 4) is 5.69 Å². The van der Waals surface area contributed by atoms with Crippen LogP contribution in [0.5, 0.6) is 0 Å². The lowest BCUT2D eigenvalue weighted by Crippen LogP contribution is -2.43. The summed E-state index contributed by atoms with van der Waals surface area (Å²) in [6.45, 7) is 1.27. The summed E-state index contributed by atoms with van der Waals surface area (Å²) < 4.78 is 20.4. The van der Waals surface area contributed by atoms with E-state index in [1.807, 2.05) is 0 Å². The second-order valence-corrected chi connectivity index (χ2v) is 5.59. The van der Waals surface area contributed by atoms with E-state index in [0.29, 0.717) is 24.6 Å². The van der Waals surface area contributed by atoms with Gasteiger partial charge in [-0.05, 0) is 30.9 Å². The number of aromatic nitrogens is 2. The van der Waals surface area contributed by atoms with Crippen LogP contribution in [0.1, 0.15) is 12.8 Å². The Bertz CT molecular complexity index is 688. The molecule has 1 amide bonds. The van der Waals surface area contributed by atoms with Crippen molar-refractivity contribution in [3.63, 3.8) is 0 Å². The van der Waals surface area contributed by atoms with E-state index in [-0.39, 0.29) is 30.0 Å². The van der Waals surface area contributed by atoms with E-state index in [1.165, 1.54) is 16.9 Å². The van der Waals surface area contributed by atoms with E-state index >= 15 is 0 Å². The third kappa shape index (κ3) is 4.11. The molecule has 1 atom stereocenters. The van der Waals surface area contributed by atoms with E-state index in [9.17, 15) is 9.18 Å². The van der Waals surface area contributed by atoms with Gasteiger partial charge in [0.2, 0.25) is 5.91 Å². The van der Waals surface area contributed by atoms with Crippen LogP contribution in [0.3, 0.4) is 0 Å². The lowest BCUT2D eigenvalue weighted by molar-refractivity contribution is -0.119. The number of carbonyl (C=O) groups excluding carboxylic acids is 1. The summed E-state index contributed by atoms with van der Waals surface area (Å²) in [5.74, 6) is -0.525. The van der Waals surface area contributed by atoms with Gasteiger partial charge in [0.05, 0.1) is 24.1 Å². The molecule has 8 heteroatoms. The topological polar surface area (TPSA) is 82.2 Å². The minimum atomic E-state index is -0.587. The highest BCUT2D eigenvalue weighted by atomic mass is 35.5. The number of nitrogens with zero attached hydrogens (tertiary/aromatic N) is 2. The van der Waals surface area contributed by atoms with Crippen molar-refractivity contribution in [3.05, 3.63) is 42.5 Å². The number of carbonyl (C=O) groups is 1. The predicted octanol–water partition coefficient (Wildman–Crippen LogP) is 2.13. The first kappa shape index (κ1) is 18.4. The van der Waals surface area contributed by atoms with Crippen molar-refractivity contribution in [1.29, 1.82) is 0 Å². The smallest absolute Gasteiger partial charge is 0.241 e. The normalized spacial score (nSPS) is 16.2. The molecule has 0 bridgehead atoms. The summed E-state index contributed by atoms with van der Waals surface area (Å²) in [6.07, 6.45) is 4.60. The van der Waals surface area contributed by atoms with Crippen LogP contribution in [0.2, 0.25) is 0 Å². The molecule has 130 valence electrons. The number of anilines is 1. The van der Waals surface area contributed by atoms with Gasteiger partial charge in [0.15, 0.2) is 0 Å². The van der Waals surface area contributed by atoms with Crippen molar-refractivity contribution in [2.75, 3.05) is 18.5 Å². The molecule has 3 N–H and O–H groups in total. The molecular weight excluding hydrogens is 335 g/mol. The molecule has 24 heavy (non-hydrogen) atoms. The zero-order valence-electron chi connectivity index (χ0n) is 13.0. The molecule has 1 fully saturated rings. The molecule has 0 aliphatic carbocycles. The number of halogens is 2. The molecule has 2 aromatic rings. The Labute approximate surface area is 145 Å². The first-order valence-corrected chi connectivity index (χ1v) is 7.59. The minimum absolute atomic E-state index is 0. The number of para-hydroxylation sites is 1.